The Labute approximate surface area is 648 Å². The lowest BCUT2D eigenvalue weighted by Gasteiger charge is -2.19. The Bertz CT molecular complexity index is 7080. The molecule has 112 heavy (non-hydrogen) atoms. The van der Waals surface area contributed by atoms with Gasteiger partial charge >= 0.3 is 0 Å². The molecule has 0 aliphatic carbocycles. The molecule has 21 rings (SSSR count). The fourth-order valence-electron chi connectivity index (χ4n) is 16.4. The maximum atomic E-state index is 5.50. The number of nitrogens with zero attached hydrogens (tertiary/aromatic N) is 6. The molecule has 0 atom stereocenters. The van der Waals surface area contributed by atoms with Gasteiger partial charge in [0, 0.05) is 69.3 Å². The van der Waals surface area contributed by atoms with Crippen LogP contribution in [-0.4, -0.2) is 29.9 Å². The van der Waals surface area contributed by atoms with Gasteiger partial charge in [0.15, 0.2) is 11.6 Å². The van der Waals surface area contributed by atoms with Gasteiger partial charge < -0.3 is 0 Å². The van der Waals surface area contributed by atoms with Crippen LogP contribution in [0.15, 0.2) is 413 Å². The number of pyridine rings is 2. The van der Waals surface area contributed by atoms with Crippen LogP contribution in [0.5, 0.6) is 0 Å². The zero-order valence-corrected chi connectivity index (χ0v) is 60.9. The molecule has 4 heterocycles. The average molecular weight is 1430 g/mol. The second-order valence-electron chi connectivity index (χ2n) is 28.4. The van der Waals surface area contributed by atoms with E-state index >= 15 is 0 Å². The molecular weight excluding hydrogens is 1360 g/mol. The molecule has 17 aromatic carbocycles. The smallest absolute Gasteiger partial charge is 0.161 e. The minimum absolute atomic E-state index is 0.687. The van der Waals surface area contributed by atoms with Crippen LogP contribution in [0, 0.1) is 0 Å². The van der Waals surface area contributed by atoms with E-state index in [1.807, 2.05) is 30.7 Å². The first-order chi connectivity index (χ1) is 55.5. The summed E-state index contributed by atoms with van der Waals surface area (Å²) in [6.07, 6.45) is 7.42. The van der Waals surface area contributed by atoms with E-state index in [1.165, 1.54) is 87.2 Å². The Balaban J connectivity index is 0.000000146. The van der Waals surface area contributed by atoms with E-state index in [-0.39, 0.29) is 0 Å². The highest BCUT2D eigenvalue weighted by Gasteiger charge is 2.24. The Hall–Kier alpha value is -15.0. The number of aromatic nitrogens is 6. The van der Waals surface area contributed by atoms with E-state index in [0.717, 1.165) is 111 Å². The van der Waals surface area contributed by atoms with Gasteiger partial charge in [0.25, 0.3) is 0 Å². The molecule has 0 fully saturated rings. The monoisotopic (exact) mass is 1420 g/mol. The van der Waals surface area contributed by atoms with Crippen LogP contribution in [0.2, 0.25) is 0 Å². The van der Waals surface area contributed by atoms with Crippen molar-refractivity contribution in [2.45, 2.75) is 0 Å². The third-order valence-corrected chi connectivity index (χ3v) is 21.7. The maximum Gasteiger partial charge on any atom is 0.161 e. The van der Waals surface area contributed by atoms with E-state index in [0.29, 0.717) is 11.6 Å². The van der Waals surface area contributed by atoms with Gasteiger partial charge in [-0.1, -0.05) is 334 Å². The fraction of sp³-hybridized carbons (Fsp3) is 0. The fourth-order valence-corrected chi connectivity index (χ4v) is 16.4. The summed E-state index contributed by atoms with van der Waals surface area (Å²) in [6.45, 7) is 0. The van der Waals surface area contributed by atoms with Crippen molar-refractivity contribution in [3.05, 3.63) is 413 Å². The molecule has 0 amide bonds. The topological polar surface area (TPSA) is 77.3 Å². The third kappa shape index (κ3) is 12.5. The number of rotatable bonds is 12. The summed E-state index contributed by atoms with van der Waals surface area (Å²) < 4.78 is 0. The molecule has 0 aliphatic heterocycles. The van der Waals surface area contributed by atoms with Gasteiger partial charge in [0.2, 0.25) is 0 Å². The number of hydrogen-bond acceptors (Lipinski definition) is 6. The SMILES string of the molecule is c1ccc(-c2c3ccccc3c(-c3nc(-c4cccc(-c5cccnc5)c4)cc(-c4cccc(-c5cccc6ccccc56)c4)n3)c3ccccc23)cc1.c1cncc(-c2cccc(-c3cc(-c4cccc(-c5ccc6ccccc6c5)c4)nc(-c4c5ccccc5c(-c5cccc6ccccc56)c5ccccc45)n3)c2)c1. The lowest BCUT2D eigenvalue weighted by molar-refractivity contribution is 1.19. The summed E-state index contributed by atoms with van der Waals surface area (Å²) in [7, 11) is 0. The van der Waals surface area contributed by atoms with Crippen LogP contribution >= 0.6 is 0 Å². The molecule has 0 N–H and O–H groups in total. The van der Waals surface area contributed by atoms with Crippen molar-refractivity contribution < 1.29 is 0 Å². The highest BCUT2D eigenvalue weighted by atomic mass is 14.9. The minimum Gasteiger partial charge on any atom is -0.264 e. The van der Waals surface area contributed by atoms with Crippen LogP contribution in [0.1, 0.15) is 0 Å². The largest absolute Gasteiger partial charge is 0.264 e. The van der Waals surface area contributed by atoms with Gasteiger partial charge in [-0.3, -0.25) is 9.97 Å². The molecule has 4 aromatic heterocycles. The van der Waals surface area contributed by atoms with Gasteiger partial charge in [0.05, 0.1) is 22.8 Å². The van der Waals surface area contributed by atoms with Crippen molar-refractivity contribution in [2.24, 2.45) is 0 Å². The van der Waals surface area contributed by atoms with E-state index < -0.39 is 0 Å². The molecular formula is C106H68N6. The third-order valence-electron chi connectivity index (χ3n) is 21.7. The molecule has 6 heteroatoms. The summed E-state index contributed by atoms with van der Waals surface area (Å²) in [5, 5.41) is 16.5. The molecule has 0 bridgehead atoms. The normalized spacial score (nSPS) is 11.4. The predicted octanol–water partition coefficient (Wildman–Crippen LogP) is 27.8. The number of hydrogen-bond donors (Lipinski definition) is 0. The van der Waals surface area contributed by atoms with Crippen LogP contribution in [0.4, 0.5) is 0 Å². The van der Waals surface area contributed by atoms with Crippen molar-refractivity contribution in [1.82, 2.24) is 29.9 Å². The second kappa shape index (κ2) is 29.0. The highest BCUT2D eigenvalue weighted by molar-refractivity contribution is 6.24. The highest BCUT2D eigenvalue weighted by Crippen LogP contribution is 2.48. The molecule has 0 radical (unpaired) electrons. The molecule has 21 aromatic rings. The molecule has 0 saturated heterocycles. The van der Waals surface area contributed by atoms with Crippen LogP contribution in [0.3, 0.4) is 0 Å². The quantitative estimate of drug-likeness (QED) is 0.113. The van der Waals surface area contributed by atoms with Crippen molar-refractivity contribution >= 4 is 75.4 Å². The first-order valence-corrected chi connectivity index (χ1v) is 37.9. The molecule has 0 unspecified atom stereocenters. The maximum absolute atomic E-state index is 5.50. The standard InChI is InChI=1S/C55H35N3.C51H33N3/c1-2-15-38-31-41(29-28-36(38)13-1)39-17-9-19-42(32-39)51-34-52(43-20-10-18-40(33-43)44-21-12-30-56-35-44)58-55(57-51)54-49-25-7-5-23-47(49)53(48-24-6-8-26-50(48)54)46-27-11-16-37-14-3-4-22-45(37)46;1-2-15-35(16-3-1)49-43-24-6-8-26-45(43)50(46-27-9-7-25-44(46)49)51-53-47(38-20-10-18-36(30-38)40-22-13-29-52-33-40)32-48(54-51)39-21-11-19-37(31-39)42-28-12-17-34-14-4-5-23-41(34)42/h1-35H;1-33H. The zero-order valence-electron chi connectivity index (χ0n) is 60.9. The van der Waals surface area contributed by atoms with E-state index in [1.54, 1.807) is 6.20 Å². The van der Waals surface area contributed by atoms with Gasteiger partial charge in [-0.2, -0.15) is 0 Å². The van der Waals surface area contributed by atoms with Gasteiger partial charge in [-0.15, -0.1) is 0 Å². The van der Waals surface area contributed by atoms with E-state index in [9.17, 15) is 0 Å². The molecule has 6 nitrogen and oxygen atoms in total. The van der Waals surface area contributed by atoms with Crippen molar-refractivity contribution in [3.8, 4) is 135 Å². The Kier molecular flexibility index (Phi) is 17.2. The van der Waals surface area contributed by atoms with Crippen molar-refractivity contribution in [3.63, 3.8) is 0 Å². The van der Waals surface area contributed by atoms with Crippen molar-refractivity contribution in [2.75, 3.05) is 0 Å². The average Bonchev–Trinajstić information content (AvgIpc) is 0.731. The van der Waals surface area contributed by atoms with Crippen LogP contribution in [-0.2, 0) is 0 Å². The zero-order chi connectivity index (χ0) is 74.3. The summed E-state index contributed by atoms with van der Waals surface area (Å²) >= 11 is 0. The molecule has 0 aliphatic rings. The number of benzene rings is 17. The predicted molar refractivity (Wildman–Crippen MR) is 467 cm³/mol. The second-order valence-corrected chi connectivity index (χ2v) is 28.4. The minimum atomic E-state index is 0.687. The summed E-state index contributed by atoms with van der Waals surface area (Å²) in [4.78, 5) is 30.6. The Morgan fingerprint density at radius 2 is 0.455 bits per heavy atom. The Morgan fingerprint density at radius 3 is 0.902 bits per heavy atom. The van der Waals surface area contributed by atoms with E-state index in [2.05, 4.69) is 386 Å². The van der Waals surface area contributed by atoms with Gasteiger partial charge in [-0.05, 0) is 186 Å². The van der Waals surface area contributed by atoms with Crippen molar-refractivity contribution in [1.29, 1.82) is 0 Å². The summed E-state index contributed by atoms with van der Waals surface area (Å²) in [6, 6.07) is 138. The molecule has 0 saturated carbocycles. The summed E-state index contributed by atoms with van der Waals surface area (Å²) in [5.41, 5.74) is 23.3. The lowest BCUT2D eigenvalue weighted by Crippen LogP contribution is -1.99. The first kappa shape index (κ1) is 66.5. The van der Waals surface area contributed by atoms with E-state index in [4.69, 9.17) is 19.9 Å². The van der Waals surface area contributed by atoms with Crippen LogP contribution in [0.25, 0.3) is 210 Å². The lowest BCUT2D eigenvalue weighted by atomic mass is 9.86. The van der Waals surface area contributed by atoms with Crippen LogP contribution < -0.4 is 0 Å². The van der Waals surface area contributed by atoms with Gasteiger partial charge in [-0.25, -0.2) is 19.9 Å². The van der Waals surface area contributed by atoms with Gasteiger partial charge in [0.1, 0.15) is 0 Å². The molecule has 0 spiro atoms. The molecule has 522 valence electrons. The summed E-state index contributed by atoms with van der Waals surface area (Å²) in [5.74, 6) is 1.38. The Morgan fingerprint density at radius 1 is 0.152 bits per heavy atom. The first-order valence-electron chi connectivity index (χ1n) is 37.9. The number of fused-ring (bicyclic) bond motifs is 7.